The molecule has 0 unspecified atom stereocenters. The minimum Gasteiger partial charge on any atom is -0.444 e. The number of fused-ring (bicyclic) bond motifs is 2. The summed E-state index contributed by atoms with van der Waals surface area (Å²) in [5.41, 5.74) is 0.0957. The Morgan fingerprint density at radius 2 is 2.09 bits per heavy atom. The Balaban J connectivity index is 1.72. The topological polar surface area (TPSA) is 56.6 Å². The van der Waals surface area contributed by atoms with Crippen molar-refractivity contribution in [2.45, 2.75) is 50.9 Å². The van der Waals surface area contributed by atoms with Crippen LogP contribution in [0.5, 0.6) is 0 Å². The van der Waals surface area contributed by atoms with E-state index < -0.39 is 11.1 Å². The lowest BCUT2D eigenvalue weighted by atomic mass is 10.0. The first-order valence-electron chi connectivity index (χ1n) is 8.03. The Kier molecular flexibility index (Phi) is 3.81. The summed E-state index contributed by atoms with van der Waals surface area (Å²) >= 11 is 0. The number of hydrogen-bond acceptors (Lipinski definition) is 4. The van der Waals surface area contributed by atoms with E-state index in [0.29, 0.717) is 13.0 Å². The molecular formula is C18H23N3O2. The number of nitriles is 1. The molecule has 2 fully saturated rings. The first-order valence-corrected chi connectivity index (χ1v) is 8.03. The molecule has 2 heterocycles. The fraction of sp³-hybridized carbons (Fsp3) is 0.556. The van der Waals surface area contributed by atoms with E-state index in [-0.39, 0.29) is 12.1 Å². The van der Waals surface area contributed by atoms with Crippen molar-refractivity contribution < 1.29 is 9.53 Å². The molecule has 2 saturated heterocycles. The minimum atomic E-state index is -0.586. The molecule has 3 rings (SSSR count). The molecule has 1 amide bonds. The maximum atomic E-state index is 12.3. The van der Waals surface area contributed by atoms with Gasteiger partial charge in [0.25, 0.3) is 0 Å². The van der Waals surface area contributed by atoms with E-state index in [9.17, 15) is 10.1 Å². The molecule has 5 nitrogen and oxygen atoms in total. The largest absolute Gasteiger partial charge is 0.444 e. The van der Waals surface area contributed by atoms with Gasteiger partial charge in [-0.25, -0.2) is 4.79 Å². The smallest absolute Gasteiger partial charge is 0.410 e. The zero-order valence-corrected chi connectivity index (χ0v) is 14.0. The Morgan fingerprint density at radius 3 is 2.70 bits per heavy atom. The maximum Gasteiger partial charge on any atom is 0.410 e. The van der Waals surface area contributed by atoms with Crippen LogP contribution in [0.2, 0.25) is 0 Å². The molecule has 0 radical (unpaired) electrons. The number of carbonyl (C=O) groups is 1. The van der Waals surface area contributed by atoms with Gasteiger partial charge in [0.15, 0.2) is 0 Å². The summed E-state index contributed by atoms with van der Waals surface area (Å²) < 4.78 is 5.48. The van der Waals surface area contributed by atoms with Crippen LogP contribution >= 0.6 is 0 Å². The molecule has 5 heteroatoms. The van der Waals surface area contributed by atoms with E-state index in [2.05, 4.69) is 23.1 Å². The Hall–Kier alpha value is -2.06. The van der Waals surface area contributed by atoms with Crippen molar-refractivity contribution in [3.63, 3.8) is 0 Å². The summed E-state index contributed by atoms with van der Waals surface area (Å²) in [4.78, 5) is 16.3. The van der Waals surface area contributed by atoms with Gasteiger partial charge in [-0.1, -0.05) is 30.3 Å². The van der Waals surface area contributed by atoms with Crippen molar-refractivity contribution in [2.75, 3.05) is 13.1 Å². The van der Waals surface area contributed by atoms with E-state index in [1.807, 2.05) is 39.0 Å². The van der Waals surface area contributed by atoms with Crippen molar-refractivity contribution in [1.29, 1.82) is 5.26 Å². The van der Waals surface area contributed by atoms with Gasteiger partial charge in [-0.05, 0) is 26.3 Å². The second kappa shape index (κ2) is 5.54. The maximum absolute atomic E-state index is 12.3. The van der Waals surface area contributed by atoms with Gasteiger partial charge < -0.3 is 9.64 Å². The van der Waals surface area contributed by atoms with Crippen LogP contribution in [0.3, 0.4) is 0 Å². The average Bonchev–Trinajstić information content (AvgIpc) is 3.02. The number of carbonyl (C=O) groups excluding carboxylic acids is 1. The van der Waals surface area contributed by atoms with Crippen molar-refractivity contribution in [3.05, 3.63) is 35.9 Å². The zero-order chi connectivity index (χ0) is 16.7. The first kappa shape index (κ1) is 15.8. The normalized spacial score (nSPS) is 27.0. The van der Waals surface area contributed by atoms with Crippen LogP contribution in [0.15, 0.2) is 30.3 Å². The third-order valence-electron chi connectivity index (χ3n) is 4.53. The molecule has 0 spiro atoms. The Morgan fingerprint density at radius 1 is 1.39 bits per heavy atom. The number of piperazine rings is 1. The number of amides is 1. The lowest BCUT2D eigenvalue weighted by Gasteiger charge is -2.38. The van der Waals surface area contributed by atoms with E-state index in [1.54, 1.807) is 4.90 Å². The second-order valence-corrected chi connectivity index (χ2v) is 7.48. The highest BCUT2D eigenvalue weighted by Gasteiger charge is 2.57. The monoisotopic (exact) mass is 313 g/mol. The molecule has 0 aliphatic carbocycles. The molecule has 2 bridgehead atoms. The lowest BCUT2D eigenvalue weighted by Crippen LogP contribution is -2.55. The van der Waals surface area contributed by atoms with Gasteiger partial charge in [-0.3, -0.25) is 4.90 Å². The summed E-state index contributed by atoms with van der Waals surface area (Å²) in [6.45, 7) is 7.48. The van der Waals surface area contributed by atoms with Gasteiger partial charge in [0.2, 0.25) is 0 Å². The number of hydrogen-bond donors (Lipinski definition) is 0. The molecule has 1 aromatic rings. The second-order valence-electron chi connectivity index (χ2n) is 7.48. The fourth-order valence-electron chi connectivity index (χ4n) is 3.50. The quantitative estimate of drug-likeness (QED) is 0.842. The van der Waals surface area contributed by atoms with Crippen LogP contribution in [0.1, 0.15) is 32.8 Å². The first-order chi connectivity index (χ1) is 10.8. The van der Waals surface area contributed by atoms with Crippen molar-refractivity contribution in [2.24, 2.45) is 0 Å². The van der Waals surface area contributed by atoms with Gasteiger partial charge in [-0.15, -0.1) is 0 Å². The van der Waals surface area contributed by atoms with Crippen LogP contribution in [0.4, 0.5) is 4.79 Å². The number of ether oxygens (including phenoxy) is 1. The van der Waals surface area contributed by atoms with Crippen LogP contribution in [0, 0.1) is 11.3 Å². The van der Waals surface area contributed by atoms with Crippen LogP contribution in [-0.4, -0.2) is 46.2 Å². The van der Waals surface area contributed by atoms with Gasteiger partial charge in [-0.2, -0.15) is 5.26 Å². The SMILES string of the molecule is CC(C)(C)OC(=O)N1C[C@]2(C#N)C[C@@H]1CN2Cc1ccccc1. The van der Waals surface area contributed by atoms with Crippen molar-refractivity contribution >= 4 is 6.09 Å². The Labute approximate surface area is 137 Å². The summed E-state index contributed by atoms with van der Waals surface area (Å²) in [5.74, 6) is 0. The van der Waals surface area contributed by atoms with Crippen molar-refractivity contribution in [1.82, 2.24) is 9.80 Å². The molecule has 2 atom stereocenters. The number of rotatable bonds is 2. The molecule has 0 N–H and O–H groups in total. The molecule has 1 aromatic carbocycles. The number of nitrogens with zero attached hydrogens (tertiary/aromatic N) is 3. The van der Waals surface area contributed by atoms with E-state index in [0.717, 1.165) is 13.1 Å². The highest BCUT2D eigenvalue weighted by Crippen LogP contribution is 2.41. The van der Waals surface area contributed by atoms with Crippen LogP contribution in [-0.2, 0) is 11.3 Å². The highest BCUT2D eigenvalue weighted by atomic mass is 16.6. The van der Waals surface area contributed by atoms with Crippen LogP contribution in [0.25, 0.3) is 0 Å². The molecule has 23 heavy (non-hydrogen) atoms. The Bertz CT molecular complexity index is 632. The van der Waals surface area contributed by atoms with Crippen LogP contribution < -0.4 is 0 Å². The molecular weight excluding hydrogens is 290 g/mol. The van der Waals surface area contributed by atoms with Crippen molar-refractivity contribution in [3.8, 4) is 6.07 Å². The number of likely N-dealkylation sites (tertiary alicyclic amines) is 2. The number of benzene rings is 1. The predicted molar refractivity (Wildman–Crippen MR) is 86.5 cm³/mol. The molecule has 122 valence electrons. The van der Waals surface area contributed by atoms with Gasteiger partial charge >= 0.3 is 6.09 Å². The molecule has 0 aromatic heterocycles. The molecule has 2 aliphatic rings. The van der Waals surface area contributed by atoms with Gasteiger partial charge in [0, 0.05) is 19.5 Å². The minimum absolute atomic E-state index is 0.0632. The van der Waals surface area contributed by atoms with E-state index in [4.69, 9.17) is 4.74 Å². The summed E-state index contributed by atoms with van der Waals surface area (Å²) in [6.07, 6.45) is 0.397. The highest BCUT2D eigenvalue weighted by molar-refractivity contribution is 5.70. The fourth-order valence-corrected chi connectivity index (χ4v) is 3.50. The predicted octanol–water partition coefficient (Wildman–Crippen LogP) is 2.77. The summed E-state index contributed by atoms with van der Waals surface area (Å²) in [6, 6.07) is 12.7. The lowest BCUT2D eigenvalue weighted by molar-refractivity contribution is 0.00773. The average molecular weight is 313 g/mol. The van der Waals surface area contributed by atoms with Gasteiger partial charge in [0.1, 0.15) is 11.1 Å². The molecule has 2 aliphatic heterocycles. The summed E-state index contributed by atoms with van der Waals surface area (Å²) in [5, 5.41) is 9.75. The molecule has 0 saturated carbocycles. The van der Waals surface area contributed by atoms with Gasteiger partial charge in [0.05, 0.1) is 18.7 Å². The third kappa shape index (κ3) is 3.04. The zero-order valence-electron chi connectivity index (χ0n) is 14.0. The third-order valence-corrected chi connectivity index (χ3v) is 4.53. The standard InChI is InChI=1S/C18H23N3O2/c1-17(2,3)23-16(22)21-13-18(12-19)9-15(21)11-20(18)10-14-7-5-4-6-8-14/h4-8,15H,9-11,13H2,1-3H3/t15-,18-/m1/s1. The van der Waals surface area contributed by atoms with E-state index >= 15 is 0 Å². The summed E-state index contributed by atoms with van der Waals surface area (Å²) in [7, 11) is 0. The van der Waals surface area contributed by atoms with E-state index in [1.165, 1.54) is 5.56 Å².